The average molecular weight is 303 g/mol. The van der Waals surface area contributed by atoms with Gasteiger partial charge in [-0.15, -0.1) is 11.3 Å². The third-order valence-electron chi connectivity index (χ3n) is 4.11. The molecule has 0 bridgehead atoms. The number of carbonyl (C=O) groups is 1. The minimum Gasteiger partial charge on any atom is -0.293 e. The second-order valence-electron chi connectivity index (χ2n) is 5.83. The van der Waals surface area contributed by atoms with Gasteiger partial charge in [-0.1, -0.05) is 19.3 Å². The summed E-state index contributed by atoms with van der Waals surface area (Å²) < 4.78 is 2.06. The lowest BCUT2D eigenvalue weighted by Crippen LogP contribution is -2.14. The van der Waals surface area contributed by atoms with E-state index in [1.807, 2.05) is 26.1 Å². The van der Waals surface area contributed by atoms with E-state index in [1.165, 1.54) is 43.4 Å². The van der Waals surface area contributed by atoms with Crippen LogP contribution in [0.3, 0.4) is 0 Å². The van der Waals surface area contributed by atoms with Gasteiger partial charge < -0.3 is 0 Å². The number of hydrogen-bond donors (Lipinski definition) is 0. The molecule has 0 radical (unpaired) electrons. The van der Waals surface area contributed by atoms with Crippen molar-refractivity contribution in [3.05, 3.63) is 33.5 Å². The number of thiazole rings is 1. The van der Waals surface area contributed by atoms with E-state index in [4.69, 9.17) is 0 Å². The second kappa shape index (κ2) is 6.10. The molecular formula is C16H21N3OS. The average Bonchev–Trinajstić information content (AvgIpc) is 3.06. The normalized spacial score (nSPS) is 16.3. The highest BCUT2D eigenvalue weighted by molar-refractivity contribution is 7.13. The molecule has 112 valence electrons. The Balaban J connectivity index is 1.69. The maximum Gasteiger partial charge on any atom is 0.180 e. The molecule has 1 fully saturated rings. The molecule has 0 N–H and O–H groups in total. The van der Waals surface area contributed by atoms with Crippen LogP contribution in [0.5, 0.6) is 0 Å². The molecule has 1 saturated carbocycles. The van der Waals surface area contributed by atoms with E-state index in [1.54, 1.807) is 0 Å². The van der Waals surface area contributed by atoms with Crippen molar-refractivity contribution in [2.24, 2.45) is 0 Å². The largest absolute Gasteiger partial charge is 0.293 e. The third kappa shape index (κ3) is 3.23. The van der Waals surface area contributed by atoms with Gasteiger partial charge in [-0.05, 0) is 32.8 Å². The summed E-state index contributed by atoms with van der Waals surface area (Å²) in [5, 5.41) is 5.56. The smallest absolute Gasteiger partial charge is 0.180 e. The zero-order valence-corrected chi connectivity index (χ0v) is 13.4. The van der Waals surface area contributed by atoms with Gasteiger partial charge in [0.25, 0.3) is 0 Å². The van der Waals surface area contributed by atoms with Gasteiger partial charge in [0, 0.05) is 6.20 Å². The Hall–Kier alpha value is -1.49. The number of ketones is 1. The summed E-state index contributed by atoms with van der Waals surface area (Å²) in [6, 6.07) is 2.51. The van der Waals surface area contributed by atoms with E-state index >= 15 is 0 Å². The predicted molar refractivity (Wildman–Crippen MR) is 84.0 cm³/mol. The summed E-state index contributed by atoms with van der Waals surface area (Å²) in [7, 11) is 0. The number of nitrogens with zero attached hydrogens (tertiary/aromatic N) is 3. The monoisotopic (exact) mass is 303 g/mol. The number of aryl methyl sites for hydroxylation is 2. The lowest BCUT2D eigenvalue weighted by molar-refractivity contribution is 0.0994. The summed E-state index contributed by atoms with van der Waals surface area (Å²) in [5.41, 5.74) is 1.71. The van der Waals surface area contributed by atoms with Crippen molar-refractivity contribution in [2.75, 3.05) is 0 Å². The fourth-order valence-electron chi connectivity index (χ4n) is 3.06. The van der Waals surface area contributed by atoms with E-state index in [9.17, 15) is 4.79 Å². The highest BCUT2D eigenvalue weighted by Crippen LogP contribution is 2.27. The molecule has 2 heterocycles. The summed E-state index contributed by atoms with van der Waals surface area (Å²) in [6.07, 6.45) is 8.75. The molecule has 5 heteroatoms. The molecule has 2 aromatic heterocycles. The van der Waals surface area contributed by atoms with Gasteiger partial charge in [0.1, 0.15) is 0 Å². The molecule has 0 aromatic carbocycles. The van der Waals surface area contributed by atoms with Gasteiger partial charge >= 0.3 is 0 Å². The fraction of sp³-hybridized carbons (Fsp3) is 0.562. The van der Waals surface area contributed by atoms with Crippen LogP contribution in [-0.2, 0) is 6.42 Å². The fourth-order valence-corrected chi connectivity index (χ4v) is 3.91. The van der Waals surface area contributed by atoms with E-state index < -0.39 is 0 Å². The highest BCUT2D eigenvalue weighted by Gasteiger charge is 2.18. The molecule has 0 spiro atoms. The van der Waals surface area contributed by atoms with Gasteiger partial charge in [-0.25, -0.2) is 4.98 Å². The lowest BCUT2D eigenvalue weighted by Gasteiger charge is -2.21. The molecule has 0 atom stereocenters. The van der Waals surface area contributed by atoms with Gasteiger partial charge in [0.15, 0.2) is 5.78 Å². The maximum atomic E-state index is 12.4. The van der Waals surface area contributed by atoms with E-state index in [0.717, 1.165) is 21.3 Å². The zero-order valence-electron chi connectivity index (χ0n) is 12.6. The molecule has 0 saturated heterocycles. The number of rotatable bonds is 4. The first-order chi connectivity index (χ1) is 10.1. The number of aromatic nitrogens is 3. The zero-order chi connectivity index (χ0) is 14.8. The number of hydrogen-bond acceptors (Lipinski definition) is 4. The summed E-state index contributed by atoms with van der Waals surface area (Å²) in [6.45, 7) is 3.84. The van der Waals surface area contributed by atoms with Gasteiger partial charge in [-0.2, -0.15) is 5.10 Å². The Bertz CT molecular complexity index is 638. The topological polar surface area (TPSA) is 47.8 Å². The van der Waals surface area contributed by atoms with Crippen LogP contribution >= 0.6 is 11.3 Å². The number of carbonyl (C=O) groups excluding carboxylic acids is 1. The van der Waals surface area contributed by atoms with Crippen LogP contribution in [0.25, 0.3) is 0 Å². The van der Waals surface area contributed by atoms with Gasteiger partial charge in [0.05, 0.1) is 33.7 Å². The van der Waals surface area contributed by atoms with Gasteiger partial charge in [0.2, 0.25) is 0 Å². The Kier molecular flexibility index (Phi) is 4.19. The van der Waals surface area contributed by atoms with Gasteiger partial charge in [-0.3, -0.25) is 9.48 Å². The van der Waals surface area contributed by atoms with Crippen LogP contribution in [0.15, 0.2) is 12.3 Å². The summed E-state index contributed by atoms with van der Waals surface area (Å²) in [5.74, 6) is 0.131. The Morgan fingerprint density at radius 1 is 1.33 bits per heavy atom. The first-order valence-corrected chi connectivity index (χ1v) is 8.46. The summed E-state index contributed by atoms with van der Waals surface area (Å²) in [4.78, 5) is 17.5. The summed E-state index contributed by atoms with van der Waals surface area (Å²) >= 11 is 1.48. The minimum atomic E-state index is 0.131. The van der Waals surface area contributed by atoms with Crippen molar-refractivity contribution < 1.29 is 4.79 Å². The third-order valence-corrected chi connectivity index (χ3v) is 5.22. The molecule has 3 rings (SSSR count). The quantitative estimate of drug-likeness (QED) is 0.805. The van der Waals surface area contributed by atoms with Crippen LogP contribution in [0, 0.1) is 13.8 Å². The second-order valence-corrected chi connectivity index (χ2v) is 7.03. The van der Waals surface area contributed by atoms with Crippen molar-refractivity contribution in [3.63, 3.8) is 0 Å². The SMILES string of the molecule is Cc1nc(C)c(C(=O)Cc2ccn(C3CCCCC3)n2)s1. The molecule has 21 heavy (non-hydrogen) atoms. The van der Waals surface area contributed by atoms with Crippen LogP contribution in [-0.4, -0.2) is 20.5 Å². The highest BCUT2D eigenvalue weighted by atomic mass is 32.1. The standard InChI is InChI=1S/C16H21N3OS/c1-11-16(21-12(2)17-11)15(20)10-13-8-9-19(18-13)14-6-4-3-5-7-14/h8-9,14H,3-7,10H2,1-2H3. The molecule has 1 aliphatic rings. The lowest BCUT2D eigenvalue weighted by atomic mass is 9.96. The molecule has 4 nitrogen and oxygen atoms in total. The van der Waals surface area contributed by atoms with Crippen molar-refractivity contribution in [3.8, 4) is 0 Å². The van der Waals surface area contributed by atoms with Crippen LogP contribution < -0.4 is 0 Å². The van der Waals surface area contributed by atoms with Crippen LogP contribution in [0.4, 0.5) is 0 Å². The maximum absolute atomic E-state index is 12.4. The van der Waals surface area contributed by atoms with Crippen molar-refractivity contribution in [1.29, 1.82) is 0 Å². The first kappa shape index (κ1) is 14.4. The number of Topliss-reactive ketones (excluding diaryl/α,β-unsaturated/α-hetero) is 1. The molecule has 0 unspecified atom stereocenters. The van der Waals surface area contributed by atoms with Crippen molar-refractivity contribution in [1.82, 2.24) is 14.8 Å². The van der Waals surface area contributed by atoms with Crippen molar-refractivity contribution >= 4 is 17.1 Å². The van der Waals surface area contributed by atoms with Crippen LogP contribution in [0.2, 0.25) is 0 Å². The molecule has 0 amide bonds. The Labute approximate surface area is 129 Å². The van der Waals surface area contributed by atoms with Crippen LogP contribution in [0.1, 0.15) is 64.2 Å². The van der Waals surface area contributed by atoms with E-state index in [2.05, 4.69) is 14.8 Å². The Morgan fingerprint density at radius 3 is 2.76 bits per heavy atom. The minimum absolute atomic E-state index is 0.131. The molecule has 1 aliphatic carbocycles. The molecular weight excluding hydrogens is 282 g/mol. The molecule has 0 aliphatic heterocycles. The predicted octanol–water partition coefficient (Wildman–Crippen LogP) is 3.89. The first-order valence-electron chi connectivity index (χ1n) is 7.65. The van der Waals surface area contributed by atoms with E-state index in [-0.39, 0.29) is 5.78 Å². The Morgan fingerprint density at radius 2 is 2.10 bits per heavy atom. The molecule has 2 aromatic rings. The van der Waals surface area contributed by atoms with Crippen molar-refractivity contribution in [2.45, 2.75) is 58.4 Å². The van der Waals surface area contributed by atoms with E-state index in [0.29, 0.717) is 12.5 Å².